The maximum atomic E-state index is 12.6. The zero-order chi connectivity index (χ0) is 21.9. The summed E-state index contributed by atoms with van der Waals surface area (Å²) in [5.41, 5.74) is 5.05. The molecule has 0 atom stereocenters. The molecule has 3 N–H and O–H groups in total. The molecule has 2 aliphatic heterocycles. The third-order valence-electron chi connectivity index (χ3n) is 5.35. The van der Waals surface area contributed by atoms with Gasteiger partial charge < -0.3 is 25.4 Å². The summed E-state index contributed by atoms with van der Waals surface area (Å²) in [7, 11) is 0. The smallest absolute Gasteiger partial charge is 0.405 e. The van der Waals surface area contributed by atoms with E-state index in [2.05, 4.69) is 35.1 Å². The molecule has 30 heavy (non-hydrogen) atoms. The van der Waals surface area contributed by atoms with E-state index in [0.29, 0.717) is 59.9 Å². The van der Waals surface area contributed by atoms with Gasteiger partial charge in [0.15, 0.2) is 0 Å². The molecule has 2 saturated heterocycles. The normalized spacial score (nSPS) is 17.9. The number of amides is 2. The number of hydrogen-bond donors (Lipinski definition) is 3. The minimum Gasteiger partial charge on any atom is -0.428 e. The van der Waals surface area contributed by atoms with Crippen LogP contribution in [0.4, 0.5) is 10.6 Å². The Kier molecular flexibility index (Phi) is 6.34. The molecule has 10 nitrogen and oxygen atoms in total. The fourth-order valence-corrected chi connectivity index (χ4v) is 3.97. The van der Waals surface area contributed by atoms with Gasteiger partial charge in [-0.2, -0.15) is 10.5 Å². The maximum Gasteiger partial charge on any atom is 0.405 e. The number of thiol groups is 1. The average molecular weight is 430 g/mol. The van der Waals surface area contributed by atoms with Crippen LogP contribution < -0.4 is 16.0 Å². The zero-order valence-corrected chi connectivity index (χ0v) is 17.4. The van der Waals surface area contributed by atoms with E-state index < -0.39 is 17.6 Å². The van der Waals surface area contributed by atoms with Crippen LogP contribution in [-0.4, -0.2) is 54.9 Å². The first-order chi connectivity index (χ1) is 14.3. The zero-order valence-electron chi connectivity index (χ0n) is 16.5. The molecule has 158 valence electrons. The molecule has 3 heterocycles. The Morgan fingerprint density at radius 2 is 1.97 bits per heavy atom. The number of piperidine rings is 1. The van der Waals surface area contributed by atoms with Crippen molar-refractivity contribution in [3.63, 3.8) is 0 Å². The van der Waals surface area contributed by atoms with Crippen LogP contribution >= 0.6 is 12.6 Å². The third-order valence-corrected chi connectivity index (χ3v) is 5.67. The van der Waals surface area contributed by atoms with Crippen LogP contribution in [0.3, 0.4) is 0 Å². The molecule has 0 aromatic carbocycles. The number of nitrogens with one attached hydrogen (secondary N) is 1. The predicted molar refractivity (Wildman–Crippen MR) is 108 cm³/mol. The average Bonchev–Trinajstić information content (AvgIpc) is 2.70. The Bertz CT molecular complexity index is 942. The summed E-state index contributed by atoms with van der Waals surface area (Å²) in [4.78, 5) is 30.0. The summed E-state index contributed by atoms with van der Waals surface area (Å²) in [6.45, 7) is 2.94. The summed E-state index contributed by atoms with van der Waals surface area (Å²) < 4.78 is 10.00. The summed E-state index contributed by atoms with van der Waals surface area (Å²) >= 11 is 4.33. The van der Waals surface area contributed by atoms with Crippen molar-refractivity contribution < 1.29 is 19.1 Å². The number of nitrogens with zero attached hydrogens (tertiary/aromatic N) is 4. The highest BCUT2D eigenvalue weighted by Gasteiger charge is 2.50. The first-order valence-electron chi connectivity index (χ1n) is 9.53. The summed E-state index contributed by atoms with van der Waals surface area (Å²) in [5, 5.41) is 22.2. The molecule has 0 aliphatic carbocycles. The van der Waals surface area contributed by atoms with Gasteiger partial charge in [-0.25, -0.2) is 9.78 Å². The van der Waals surface area contributed by atoms with Gasteiger partial charge >= 0.3 is 6.09 Å². The van der Waals surface area contributed by atoms with Crippen molar-refractivity contribution in [1.29, 1.82) is 10.5 Å². The highest BCUT2D eigenvalue weighted by Crippen LogP contribution is 2.30. The second-order valence-corrected chi connectivity index (χ2v) is 7.63. The number of aromatic nitrogens is 1. The standard InChI is InChI=1S/C19H22N6O4S/c1-2-12-13(7-20)15(24-16(30)14(12)8-21)25-5-3-11(4-6-25)23-17(26)19(9-28-10-19)29-18(22)27/h11H,2-6,9-10H2,1H3,(H2,22,27)(H,23,26)(H,24,30). The van der Waals surface area contributed by atoms with Gasteiger partial charge in [0.25, 0.3) is 5.91 Å². The lowest BCUT2D eigenvalue weighted by molar-refractivity contribution is -0.190. The molecule has 1 aromatic rings. The van der Waals surface area contributed by atoms with Crippen molar-refractivity contribution in [2.45, 2.75) is 42.9 Å². The predicted octanol–water partition coefficient (Wildman–Crippen LogP) is 0.625. The minimum atomic E-state index is -1.36. The van der Waals surface area contributed by atoms with Gasteiger partial charge in [0, 0.05) is 19.1 Å². The van der Waals surface area contributed by atoms with E-state index >= 15 is 0 Å². The summed E-state index contributed by atoms with van der Waals surface area (Å²) in [6.07, 6.45) is 0.712. The van der Waals surface area contributed by atoms with Crippen molar-refractivity contribution in [2.24, 2.45) is 5.73 Å². The number of nitrogens with two attached hydrogens (primary N) is 1. The van der Waals surface area contributed by atoms with Crippen LogP contribution in [0.2, 0.25) is 0 Å². The number of carbonyl (C=O) groups is 2. The van der Waals surface area contributed by atoms with Crippen LogP contribution in [-0.2, 0) is 20.7 Å². The molecular formula is C19H22N6O4S. The van der Waals surface area contributed by atoms with Crippen molar-refractivity contribution in [2.75, 3.05) is 31.2 Å². The Morgan fingerprint density at radius 3 is 2.43 bits per heavy atom. The van der Waals surface area contributed by atoms with E-state index in [1.165, 1.54) is 0 Å². The number of ether oxygens (including phenoxy) is 2. The van der Waals surface area contributed by atoms with Crippen LogP contribution in [0.1, 0.15) is 36.5 Å². The lowest BCUT2D eigenvalue weighted by Gasteiger charge is -2.40. The molecule has 2 aliphatic rings. The van der Waals surface area contributed by atoms with Gasteiger partial charge in [-0.3, -0.25) is 4.79 Å². The topological polar surface area (TPSA) is 154 Å². The highest BCUT2D eigenvalue weighted by molar-refractivity contribution is 7.80. The first kappa shape index (κ1) is 21.7. The fraction of sp³-hybridized carbons (Fsp3) is 0.526. The van der Waals surface area contributed by atoms with E-state index in [1.807, 2.05) is 11.8 Å². The molecular weight excluding hydrogens is 408 g/mol. The van der Waals surface area contributed by atoms with Gasteiger partial charge in [-0.1, -0.05) is 6.92 Å². The monoisotopic (exact) mass is 430 g/mol. The second kappa shape index (κ2) is 8.78. The molecule has 0 unspecified atom stereocenters. The quantitative estimate of drug-likeness (QED) is 0.575. The van der Waals surface area contributed by atoms with Crippen molar-refractivity contribution >= 4 is 30.4 Å². The van der Waals surface area contributed by atoms with Crippen molar-refractivity contribution in [3.05, 3.63) is 16.7 Å². The van der Waals surface area contributed by atoms with Crippen molar-refractivity contribution in [3.8, 4) is 12.1 Å². The molecule has 11 heteroatoms. The van der Waals surface area contributed by atoms with Gasteiger partial charge in [-0.15, -0.1) is 12.6 Å². The van der Waals surface area contributed by atoms with E-state index in [4.69, 9.17) is 15.2 Å². The highest BCUT2D eigenvalue weighted by atomic mass is 32.1. The number of nitriles is 2. The van der Waals surface area contributed by atoms with E-state index in [-0.39, 0.29) is 19.3 Å². The van der Waals surface area contributed by atoms with E-state index in [1.54, 1.807) is 0 Å². The Morgan fingerprint density at radius 1 is 1.33 bits per heavy atom. The van der Waals surface area contributed by atoms with Gasteiger partial charge in [0.1, 0.15) is 23.0 Å². The van der Waals surface area contributed by atoms with Gasteiger partial charge in [0.05, 0.1) is 24.3 Å². The van der Waals surface area contributed by atoms with Crippen LogP contribution in [0, 0.1) is 22.7 Å². The maximum absolute atomic E-state index is 12.6. The third kappa shape index (κ3) is 3.99. The number of hydrogen-bond acceptors (Lipinski definition) is 9. The summed E-state index contributed by atoms with van der Waals surface area (Å²) in [5.74, 6) is 0.0789. The minimum absolute atomic E-state index is 0.0220. The van der Waals surface area contributed by atoms with Gasteiger partial charge in [-0.05, 0) is 24.8 Å². The van der Waals surface area contributed by atoms with E-state index in [0.717, 1.165) is 0 Å². The molecule has 3 rings (SSSR count). The molecule has 0 spiro atoms. The number of primary amides is 1. The SMILES string of the molecule is CCc1c(C#N)c(S)nc(N2CCC(NC(=O)C3(OC(N)=O)COC3)CC2)c1C#N. The van der Waals surface area contributed by atoms with E-state index in [9.17, 15) is 20.1 Å². The Balaban J connectivity index is 1.70. The fourth-order valence-electron chi connectivity index (χ4n) is 3.69. The molecule has 2 fully saturated rings. The molecule has 0 saturated carbocycles. The molecule has 2 amide bonds. The Hall–Kier alpha value is -3.02. The molecule has 0 bridgehead atoms. The van der Waals surface area contributed by atoms with Crippen LogP contribution in [0.5, 0.6) is 0 Å². The second-order valence-electron chi connectivity index (χ2n) is 7.21. The Labute approximate surface area is 179 Å². The molecule has 1 aromatic heterocycles. The number of anilines is 1. The number of pyridine rings is 1. The van der Waals surface area contributed by atoms with Gasteiger partial charge in [0.2, 0.25) is 5.60 Å². The lowest BCUT2D eigenvalue weighted by atomic mass is 9.97. The largest absolute Gasteiger partial charge is 0.428 e. The van der Waals surface area contributed by atoms with Crippen LogP contribution in [0.15, 0.2) is 5.03 Å². The number of rotatable bonds is 5. The number of carbonyl (C=O) groups excluding carboxylic acids is 2. The summed E-state index contributed by atoms with van der Waals surface area (Å²) in [6, 6.07) is 4.12. The first-order valence-corrected chi connectivity index (χ1v) is 9.98. The van der Waals surface area contributed by atoms with Crippen molar-refractivity contribution in [1.82, 2.24) is 10.3 Å². The molecule has 0 radical (unpaired) electrons. The van der Waals surface area contributed by atoms with Crippen LogP contribution in [0.25, 0.3) is 0 Å². The lowest BCUT2D eigenvalue weighted by Crippen LogP contribution is -2.65.